The predicted molar refractivity (Wildman–Crippen MR) is 82.5 cm³/mol. The summed E-state index contributed by atoms with van der Waals surface area (Å²) in [5.41, 5.74) is 6.76. The summed E-state index contributed by atoms with van der Waals surface area (Å²) < 4.78 is 13.2. The van der Waals surface area contributed by atoms with Crippen LogP contribution in [-0.2, 0) is 11.2 Å². The van der Waals surface area contributed by atoms with Gasteiger partial charge in [-0.1, -0.05) is 12.1 Å². The van der Waals surface area contributed by atoms with E-state index in [0.29, 0.717) is 17.2 Å². The highest BCUT2D eigenvalue weighted by Crippen LogP contribution is 2.24. The van der Waals surface area contributed by atoms with Crippen molar-refractivity contribution in [3.05, 3.63) is 41.2 Å². The first-order valence-corrected chi connectivity index (χ1v) is 7.47. The molecule has 0 unspecified atom stereocenters. The summed E-state index contributed by atoms with van der Waals surface area (Å²) in [6.45, 7) is 4.10. The second-order valence-electron chi connectivity index (χ2n) is 5.60. The number of rotatable bonds is 5. The number of nitrogens with one attached hydrogen (secondary N) is 1. The third kappa shape index (κ3) is 4.91. The average molecular weight is 307 g/mol. The second-order valence-corrected chi connectivity index (χ2v) is 6.45. The van der Waals surface area contributed by atoms with Crippen LogP contribution in [-0.4, -0.2) is 23.0 Å². The molecular formula is C15H18FN3OS. The van der Waals surface area contributed by atoms with Gasteiger partial charge in [-0.2, -0.15) is 0 Å². The molecule has 0 bridgehead atoms. The van der Waals surface area contributed by atoms with Crippen LogP contribution in [0.15, 0.2) is 29.6 Å². The van der Waals surface area contributed by atoms with E-state index in [4.69, 9.17) is 5.73 Å². The minimum atomic E-state index is -0.440. The molecule has 0 aliphatic rings. The lowest BCUT2D eigenvalue weighted by Crippen LogP contribution is -2.45. The summed E-state index contributed by atoms with van der Waals surface area (Å²) in [6.07, 6.45) is 0.196. The standard InChI is InChI=1S/C15H18FN3OS/c1-15(2,17)9-18-13(20)7-12-8-21-14(19-12)10-4-3-5-11(16)6-10/h3-6,8H,7,9,17H2,1-2H3,(H,18,20). The summed E-state index contributed by atoms with van der Waals surface area (Å²) >= 11 is 1.39. The SMILES string of the molecule is CC(C)(N)CNC(=O)Cc1csc(-c2cccc(F)c2)n1. The lowest BCUT2D eigenvalue weighted by atomic mass is 10.1. The molecule has 21 heavy (non-hydrogen) atoms. The Kier molecular flexibility index (Phi) is 4.69. The molecule has 3 N–H and O–H groups in total. The quantitative estimate of drug-likeness (QED) is 0.891. The summed E-state index contributed by atoms with van der Waals surface area (Å²) in [4.78, 5) is 16.2. The van der Waals surface area contributed by atoms with Crippen LogP contribution in [0.25, 0.3) is 10.6 Å². The van der Waals surface area contributed by atoms with Crippen molar-refractivity contribution in [2.45, 2.75) is 25.8 Å². The first kappa shape index (κ1) is 15.6. The van der Waals surface area contributed by atoms with Gasteiger partial charge in [0.2, 0.25) is 5.91 Å². The van der Waals surface area contributed by atoms with Crippen LogP contribution in [0.5, 0.6) is 0 Å². The molecule has 0 aliphatic carbocycles. The zero-order valence-electron chi connectivity index (χ0n) is 12.0. The van der Waals surface area contributed by atoms with Gasteiger partial charge in [-0.3, -0.25) is 4.79 Å². The Bertz CT molecular complexity index is 634. The number of hydrogen-bond donors (Lipinski definition) is 2. The molecule has 0 atom stereocenters. The number of benzene rings is 1. The summed E-state index contributed by atoms with van der Waals surface area (Å²) in [7, 11) is 0. The Morgan fingerprint density at radius 1 is 1.48 bits per heavy atom. The highest BCUT2D eigenvalue weighted by molar-refractivity contribution is 7.13. The molecule has 2 rings (SSSR count). The molecule has 1 aromatic heterocycles. The van der Waals surface area contributed by atoms with E-state index in [9.17, 15) is 9.18 Å². The van der Waals surface area contributed by atoms with Gasteiger partial charge in [-0.15, -0.1) is 11.3 Å². The minimum Gasteiger partial charge on any atom is -0.354 e. The van der Waals surface area contributed by atoms with Crippen molar-refractivity contribution in [1.82, 2.24) is 10.3 Å². The van der Waals surface area contributed by atoms with Crippen LogP contribution in [0.1, 0.15) is 19.5 Å². The molecule has 0 aliphatic heterocycles. The number of carbonyl (C=O) groups is 1. The van der Waals surface area contributed by atoms with E-state index in [-0.39, 0.29) is 18.1 Å². The molecule has 0 fully saturated rings. The van der Waals surface area contributed by atoms with Gasteiger partial charge in [-0.25, -0.2) is 9.37 Å². The van der Waals surface area contributed by atoms with Crippen molar-refractivity contribution >= 4 is 17.2 Å². The van der Waals surface area contributed by atoms with Crippen molar-refractivity contribution in [1.29, 1.82) is 0 Å². The summed E-state index contributed by atoms with van der Waals surface area (Å²) in [5, 5.41) is 5.29. The van der Waals surface area contributed by atoms with E-state index in [0.717, 1.165) is 5.56 Å². The number of halogens is 1. The van der Waals surface area contributed by atoms with E-state index in [1.165, 1.54) is 23.5 Å². The zero-order valence-corrected chi connectivity index (χ0v) is 12.8. The molecule has 1 heterocycles. The lowest BCUT2D eigenvalue weighted by Gasteiger charge is -2.18. The van der Waals surface area contributed by atoms with E-state index in [2.05, 4.69) is 10.3 Å². The van der Waals surface area contributed by atoms with Crippen LogP contribution in [0.3, 0.4) is 0 Å². The summed E-state index contributed by atoms with van der Waals surface area (Å²) in [6, 6.07) is 6.25. The van der Waals surface area contributed by atoms with Gasteiger partial charge in [0.25, 0.3) is 0 Å². The highest BCUT2D eigenvalue weighted by Gasteiger charge is 2.14. The number of amides is 1. The maximum Gasteiger partial charge on any atom is 0.226 e. The fourth-order valence-corrected chi connectivity index (χ4v) is 2.51. The van der Waals surface area contributed by atoms with Gasteiger partial charge in [-0.05, 0) is 26.0 Å². The molecule has 6 heteroatoms. The molecule has 1 amide bonds. The van der Waals surface area contributed by atoms with E-state index >= 15 is 0 Å². The van der Waals surface area contributed by atoms with Gasteiger partial charge in [0.05, 0.1) is 12.1 Å². The van der Waals surface area contributed by atoms with Gasteiger partial charge in [0, 0.05) is 23.0 Å². The van der Waals surface area contributed by atoms with Gasteiger partial charge in [0.1, 0.15) is 10.8 Å². The largest absolute Gasteiger partial charge is 0.354 e. The molecule has 0 spiro atoms. The van der Waals surface area contributed by atoms with Gasteiger partial charge >= 0.3 is 0 Å². The highest BCUT2D eigenvalue weighted by atomic mass is 32.1. The number of aromatic nitrogens is 1. The third-order valence-corrected chi connectivity index (χ3v) is 3.65. The molecule has 112 valence electrons. The van der Waals surface area contributed by atoms with E-state index < -0.39 is 5.54 Å². The molecule has 0 radical (unpaired) electrons. The van der Waals surface area contributed by atoms with Crippen LogP contribution in [0.4, 0.5) is 4.39 Å². The normalized spacial score (nSPS) is 11.4. The average Bonchev–Trinajstić information content (AvgIpc) is 2.84. The zero-order chi connectivity index (χ0) is 15.5. The maximum absolute atomic E-state index is 13.2. The van der Waals surface area contributed by atoms with Gasteiger partial charge in [0.15, 0.2) is 0 Å². The lowest BCUT2D eigenvalue weighted by molar-refractivity contribution is -0.120. The second kappa shape index (κ2) is 6.32. The van der Waals surface area contributed by atoms with Crippen molar-refractivity contribution in [2.24, 2.45) is 5.73 Å². The molecule has 0 saturated heterocycles. The first-order valence-electron chi connectivity index (χ1n) is 6.59. The molecule has 1 aromatic carbocycles. The number of hydrogen-bond acceptors (Lipinski definition) is 4. The number of carbonyl (C=O) groups excluding carboxylic acids is 1. The minimum absolute atomic E-state index is 0.121. The topological polar surface area (TPSA) is 68.0 Å². The smallest absolute Gasteiger partial charge is 0.226 e. The number of nitrogens with two attached hydrogens (primary N) is 1. The van der Waals surface area contributed by atoms with Crippen LogP contribution >= 0.6 is 11.3 Å². The first-order chi connectivity index (χ1) is 9.83. The Morgan fingerprint density at radius 3 is 2.90 bits per heavy atom. The monoisotopic (exact) mass is 307 g/mol. The van der Waals surface area contributed by atoms with Crippen molar-refractivity contribution in [3.8, 4) is 10.6 Å². The van der Waals surface area contributed by atoms with Crippen molar-refractivity contribution in [2.75, 3.05) is 6.54 Å². The van der Waals surface area contributed by atoms with E-state index in [1.54, 1.807) is 12.1 Å². The molecule has 2 aromatic rings. The molecular weight excluding hydrogens is 289 g/mol. The van der Waals surface area contributed by atoms with Crippen molar-refractivity contribution in [3.63, 3.8) is 0 Å². The third-order valence-electron chi connectivity index (χ3n) is 2.71. The molecule has 0 saturated carbocycles. The van der Waals surface area contributed by atoms with E-state index in [1.807, 2.05) is 19.2 Å². The van der Waals surface area contributed by atoms with Crippen LogP contribution in [0.2, 0.25) is 0 Å². The van der Waals surface area contributed by atoms with Gasteiger partial charge < -0.3 is 11.1 Å². The number of nitrogens with zero attached hydrogens (tertiary/aromatic N) is 1. The number of thiazole rings is 1. The van der Waals surface area contributed by atoms with Crippen LogP contribution < -0.4 is 11.1 Å². The Hall–Kier alpha value is -1.79. The van der Waals surface area contributed by atoms with Crippen molar-refractivity contribution < 1.29 is 9.18 Å². The fraction of sp³-hybridized carbons (Fsp3) is 0.333. The fourth-order valence-electron chi connectivity index (χ4n) is 1.70. The predicted octanol–water partition coefficient (Wildman–Crippen LogP) is 2.35. The Labute approximate surface area is 127 Å². The Balaban J connectivity index is 1.99. The molecule has 4 nitrogen and oxygen atoms in total. The maximum atomic E-state index is 13.2. The Morgan fingerprint density at radius 2 is 2.24 bits per heavy atom. The van der Waals surface area contributed by atoms with Crippen LogP contribution in [0, 0.1) is 5.82 Å². The summed E-state index contributed by atoms with van der Waals surface area (Å²) in [5.74, 6) is -0.420.